The van der Waals surface area contributed by atoms with Gasteiger partial charge in [-0.2, -0.15) is 5.26 Å². The van der Waals surface area contributed by atoms with Crippen molar-refractivity contribution in [1.82, 2.24) is 5.32 Å². The van der Waals surface area contributed by atoms with Gasteiger partial charge in [-0.05, 0) is 25.1 Å². The van der Waals surface area contributed by atoms with Gasteiger partial charge in [-0.1, -0.05) is 11.6 Å². The van der Waals surface area contributed by atoms with Crippen molar-refractivity contribution in [2.45, 2.75) is 13.5 Å². The molecule has 0 aromatic heterocycles. The summed E-state index contributed by atoms with van der Waals surface area (Å²) in [4.78, 5) is 0. The average Bonchev–Trinajstić information content (AvgIpc) is 2.23. The molecule has 0 aliphatic heterocycles. The summed E-state index contributed by atoms with van der Waals surface area (Å²) in [6, 6.07) is 7.04. The fourth-order valence-corrected chi connectivity index (χ4v) is 1.36. The van der Waals surface area contributed by atoms with Crippen molar-refractivity contribution in [1.29, 1.82) is 5.26 Å². The Balaban J connectivity index is 2.51. The molecule has 3 nitrogen and oxygen atoms in total. The molecule has 0 saturated carbocycles. The zero-order valence-corrected chi connectivity index (χ0v) is 9.25. The fraction of sp³-hybridized carbons (Fsp3) is 0.364. The smallest absolute Gasteiger partial charge is 0.120 e. The third-order valence-electron chi connectivity index (χ3n) is 2.03. The molecule has 1 atom stereocenters. The summed E-state index contributed by atoms with van der Waals surface area (Å²) in [5, 5.41) is 21.7. The zero-order chi connectivity index (χ0) is 11.3. The second-order valence-electron chi connectivity index (χ2n) is 3.43. The standard InChI is InChI=1S/C11H13ClN2O/c1-8(5-13)6-14-7-9-4-10(12)2-3-11(9)15/h2-4,8,14-15H,6-7H2,1H3. The highest BCUT2D eigenvalue weighted by atomic mass is 35.5. The van der Waals surface area contributed by atoms with Gasteiger partial charge in [-0.3, -0.25) is 0 Å². The molecule has 0 spiro atoms. The number of nitrogens with zero attached hydrogens (tertiary/aromatic N) is 1. The van der Waals surface area contributed by atoms with E-state index in [9.17, 15) is 5.11 Å². The third-order valence-corrected chi connectivity index (χ3v) is 2.26. The maximum absolute atomic E-state index is 9.49. The van der Waals surface area contributed by atoms with Crippen LogP contribution in [0.2, 0.25) is 5.02 Å². The van der Waals surface area contributed by atoms with Crippen molar-refractivity contribution in [3.8, 4) is 11.8 Å². The minimum atomic E-state index is -0.0358. The van der Waals surface area contributed by atoms with Crippen molar-refractivity contribution < 1.29 is 5.11 Å². The van der Waals surface area contributed by atoms with E-state index < -0.39 is 0 Å². The van der Waals surface area contributed by atoms with Crippen LogP contribution >= 0.6 is 11.6 Å². The number of benzene rings is 1. The molecule has 1 aromatic rings. The van der Waals surface area contributed by atoms with Gasteiger partial charge >= 0.3 is 0 Å². The van der Waals surface area contributed by atoms with E-state index in [0.29, 0.717) is 18.1 Å². The lowest BCUT2D eigenvalue weighted by Crippen LogP contribution is -2.19. The molecule has 4 heteroatoms. The van der Waals surface area contributed by atoms with Crippen molar-refractivity contribution in [3.63, 3.8) is 0 Å². The first-order valence-corrected chi connectivity index (χ1v) is 5.09. The van der Waals surface area contributed by atoms with Gasteiger partial charge in [0, 0.05) is 23.7 Å². The Labute approximate surface area is 94.3 Å². The number of aromatic hydroxyl groups is 1. The van der Waals surface area contributed by atoms with Crippen LogP contribution in [0.4, 0.5) is 0 Å². The molecule has 0 aliphatic rings. The summed E-state index contributed by atoms with van der Waals surface area (Å²) in [5.74, 6) is 0.183. The molecular weight excluding hydrogens is 212 g/mol. The van der Waals surface area contributed by atoms with E-state index in [2.05, 4.69) is 11.4 Å². The van der Waals surface area contributed by atoms with E-state index in [1.807, 2.05) is 6.92 Å². The van der Waals surface area contributed by atoms with E-state index >= 15 is 0 Å². The first-order chi connectivity index (χ1) is 7.13. The zero-order valence-electron chi connectivity index (χ0n) is 8.50. The van der Waals surface area contributed by atoms with Crippen LogP contribution in [0.5, 0.6) is 5.75 Å². The Morgan fingerprint density at radius 2 is 2.33 bits per heavy atom. The summed E-state index contributed by atoms with van der Waals surface area (Å²) >= 11 is 5.79. The number of hydrogen-bond donors (Lipinski definition) is 2. The Bertz CT molecular complexity index is 373. The Morgan fingerprint density at radius 1 is 1.60 bits per heavy atom. The fourth-order valence-electron chi connectivity index (χ4n) is 1.16. The Hall–Kier alpha value is -1.24. The summed E-state index contributed by atoms with van der Waals surface area (Å²) in [6.07, 6.45) is 0. The average molecular weight is 225 g/mol. The summed E-state index contributed by atoms with van der Waals surface area (Å²) in [5.41, 5.74) is 0.743. The molecule has 2 N–H and O–H groups in total. The van der Waals surface area contributed by atoms with E-state index in [-0.39, 0.29) is 11.7 Å². The predicted octanol–water partition coefficient (Wildman–Crippen LogP) is 2.29. The van der Waals surface area contributed by atoms with Gasteiger partial charge in [-0.15, -0.1) is 0 Å². The molecule has 0 bridgehead atoms. The molecule has 1 rings (SSSR count). The van der Waals surface area contributed by atoms with Gasteiger partial charge in [0.2, 0.25) is 0 Å². The van der Waals surface area contributed by atoms with E-state index in [0.717, 1.165) is 5.56 Å². The minimum absolute atomic E-state index is 0.0358. The molecule has 15 heavy (non-hydrogen) atoms. The lowest BCUT2D eigenvalue weighted by atomic mass is 10.2. The van der Waals surface area contributed by atoms with E-state index in [1.54, 1.807) is 18.2 Å². The van der Waals surface area contributed by atoms with Gasteiger partial charge < -0.3 is 10.4 Å². The monoisotopic (exact) mass is 224 g/mol. The number of phenols is 1. The normalized spacial score (nSPS) is 12.1. The van der Waals surface area contributed by atoms with Gasteiger partial charge in [0.1, 0.15) is 5.75 Å². The van der Waals surface area contributed by atoms with Gasteiger partial charge in [0.25, 0.3) is 0 Å². The van der Waals surface area contributed by atoms with Gasteiger partial charge in [-0.25, -0.2) is 0 Å². The van der Waals surface area contributed by atoms with Crippen LogP contribution in [-0.2, 0) is 6.54 Å². The first kappa shape index (κ1) is 11.8. The second-order valence-corrected chi connectivity index (χ2v) is 3.87. The van der Waals surface area contributed by atoms with Crippen LogP contribution in [0, 0.1) is 17.2 Å². The summed E-state index contributed by atoms with van der Waals surface area (Å²) in [7, 11) is 0. The molecule has 0 radical (unpaired) electrons. The van der Waals surface area contributed by atoms with Crippen LogP contribution in [0.25, 0.3) is 0 Å². The lowest BCUT2D eigenvalue weighted by Gasteiger charge is -2.07. The minimum Gasteiger partial charge on any atom is -0.508 e. The van der Waals surface area contributed by atoms with Crippen LogP contribution in [0.1, 0.15) is 12.5 Å². The third kappa shape index (κ3) is 3.78. The molecule has 0 fully saturated rings. The number of rotatable bonds is 4. The molecule has 0 saturated heterocycles. The molecule has 0 heterocycles. The van der Waals surface area contributed by atoms with E-state index in [4.69, 9.17) is 16.9 Å². The molecule has 80 valence electrons. The highest BCUT2D eigenvalue weighted by Gasteiger charge is 2.03. The predicted molar refractivity (Wildman–Crippen MR) is 59.6 cm³/mol. The number of phenolic OH excluding ortho intramolecular Hbond substituents is 1. The quantitative estimate of drug-likeness (QED) is 0.825. The summed E-state index contributed by atoms with van der Waals surface area (Å²) < 4.78 is 0. The van der Waals surface area contributed by atoms with Crippen molar-refractivity contribution >= 4 is 11.6 Å². The number of nitriles is 1. The highest BCUT2D eigenvalue weighted by Crippen LogP contribution is 2.21. The highest BCUT2D eigenvalue weighted by molar-refractivity contribution is 6.30. The number of hydrogen-bond acceptors (Lipinski definition) is 3. The van der Waals surface area contributed by atoms with Crippen LogP contribution in [-0.4, -0.2) is 11.7 Å². The van der Waals surface area contributed by atoms with Crippen LogP contribution < -0.4 is 5.32 Å². The maximum atomic E-state index is 9.49. The Kier molecular flexibility index (Phi) is 4.41. The second kappa shape index (κ2) is 5.59. The lowest BCUT2D eigenvalue weighted by molar-refractivity contribution is 0.463. The topological polar surface area (TPSA) is 56.0 Å². The Morgan fingerprint density at radius 3 is 3.00 bits per heavy atom. The first-order valence-electron chi connectivity index (χ1n) is 4.71. The van der Waals surface area contributed by atoms with Gasteiger partial charge in [0.05, 0.1) is 12.0 Å². The largest absolute Gasteiger partial charge is 0.508 e. The molecule has 0 aliphatic carbocycles. The SMILES string of the molecule is CC(C#N)CNCc1cc(Cl)ccc1O. The molecule has 1 aromatic carbocycles. The number of nitrogens with one attached hydrogen (secondary N) is 1. The van der Waals surface area contributed by atoms with Crippen LogP contribution in [0.15, 0.2) is 18.2 Å². The summed E-state index contributed by atoms with van der Waals surface area (Å²) in [6.45, 7) is 2.95. The maximum Gasteiger partial charge on any atom is 0.120 e. The van der Waals surface area contributed by atoms with Crippen molar-refractivity contribution in [2.24, 2.45) is 5.92 Å². The molecule has 1 unspecified atom stereocenters. The van der Waals surface area contributed by atoms with Crippen molar-refractivity contribution in [2.75, 3.05) is 6.54 Å². The van der Waals surface area contributed by atoms with Gasteiger partial charge in [0.15, 0.2) is 0 Å². The van der Waals surface area contributed by atoms with E-state index in [1.165, 1.54) is 0 Å². The van der Waals surface area contributed by atoms with Crippen LogP contribution in [0.3, 0.4) is 0 Å². The van der Waals surface area contributed by atoms with Crippen molar-refractivity contribution in [3.05, 3.63) is 28.8 Å². The number of halogens is 1. The molecule has 0 amide bonds. The molecular formula is C11H13ClN2O.